The number of aryl methyl sites for hydroxylation is 2. The van der Waals surface area contributed by atoms with Crippen molar-refractivity contribution in [2.24, 2.45) is 0 Å². The molecule has 2 heterocycles. The first-order valence-corrected chi connectivity index (χ1v) is 8.65. The van der Waals surface area contributed by atoms with Crippen LogP contribution in [0.4, 0.5) is 0 Å². The maximum absolute atomic E-state index is 12.8. The van der Waals surface area contributed by atoms with Gasteiger partial charge in [-0.3, -0.25) is 4.79 Å². The van der Waals surface area contributed by atoms with Crippen LogP contribution in [0, 0.1) is 13.8 Å². The Kier molecular flexibility index (Phi) is 5.00. The van der Waals surface area contributed by atoms with E-state index >= 15 is 0 Å². The molecule has 1 unspecified atom stereocenters. The van der Waals surface area contributed by atoms with Crippen molar-refractivity contribution >= 4 is 5.91 Å². The number of aromatic nitrogens is 2. The molecule has 5 nitrogen and oxygen atoms in total. The third kappa shape index (κ3) is 3.36. The second kappa shape index (κ2) is 7.18. The molecule has 5 heteroatoms. The number of rotatable bonds is 5. The Morgan fingerprint density at radius 2 is 2.04 bits per heavy atom. The minimum Gasteiger partial charge on any atom is -0.396 e. The first-order valence-electron chi connectivity index (χ1n) is 8.65. The molecule has 128 valence electrons. The summed E-state index contributed by atoms with van der Waals surface area (Å²) in [7, 11) is 0. The standard InChI is InChI=1S/C19H25N3O2/c1-14-13-15(2)22(20-14)18-9-7-16(8-10-18)19(24)21-11-3-5-17(21)6-4-12-23/h7-10,13,17,23H,3-6,11-12H2,1-2H3. The first kappa shape index (κ1) is 16.7. The number of carbonyl (C=O) groups is 1. The zero-order chi connectivity index (χ0) is 17.1. The van der Waals surface area contributed by atoms with Crippen molar-refractivity contribution in [1.82, 2.24) is 14.7 Å². The van der Waals surface area contributed by atoms with E-state index in [9.17, 15) is 4.79 Å². The van der Waals surface area contributed by atoms with E-state index in [-0.39, 0.29) is 18.6 Å². The molecule has 2 aromatic rings. The van der Waals surface area contributed by atoms with Gasteiger partial charge in [-0.1, -0.05) is 0 Å². The lowest BCUT2D eigenvalue weighted by Crippen LogP contribution is -2.35. The maximum Gasteiger partial charge on any atom is 0.254 e. The van der Waals surface area contributed by atoms with Gasteiger partial charge in [-0.25, -0.2) is 4.68 Å². The van der Waals surface area contributed by atoms with Gasteiger partial charge in [0, 0.05) is 30.5 Å². The lowest BCUT2D eigenvalue weighted by molar-refractivity contribution is 0.0724. The van der Waals surface area contributed by atoms with E-state index in [2.05, 4.69) is 5.10 Å². The van der Waals surface area contributed by atoms with Gasteiger partial charge in [-0.05, 0) is 69.9 Å². The second-order valence-electron chi connectivity index (χ2n) is 6.55. The molecule has 1 aliphatic heterocycles. The number of benzene rings is 1. The number of likely N-dealkylation sites (tertiary alicyclic amines) is 1. The summed E-state index contributed by atoms with van der Waals surface area (Å²) in [4.78, 5) is 14.7. The predicted octanol–water partition coefficient (Wildman–Crippen LogP) is 2.87. The average molecular weight is 327 g/mol. The van der Waals surface area contributed by atoms with Crippen LogP contribution in [0.5, 0.6) is 0 Å². The van der Waals surface area contributed by atoms with Gasteiger partial charge in [0.25, 0.3) is 5.91 Å². The summed E-state index contributed by atoms with van der Waals surface area (Å²) in [5, 5.41) is 13.5. The highest BCUT2D eigenvalue weighted by molar-refractivity contribution is 5.94. The molecule has 1 aliphatic rings. The molecule has 1 saturated heterocycles. The van der Waals surface area contributed by atoms with Gasteiger partial charge >= 0.3 is 0 Å². The molecule has 1 aromatic carbocycles. The van der Waals surface area contributed by atoms with E-state index in [4.69, 9.17) is 5.11 Å². The van der Waals surface area contributed by atoms with Crippen LogP contribution < -0.4 is 0 Å². The molecule has 0 radical (unpaired) electrons. The molecule has 1 fully saturated rings. The number of hydrogen-bond acceptors (Lipinski definition) is 3. The molecular formula is C19H25N3O2. The number of aliphatic hydroxyl groups is 1. The van der Waals surface area contributed by atoms with Gasteiger partial charge in [0.15, 0.2) is 0 Å². The third-order valence-corrected chi connectivity index (χ3v) is 4.70. The fourth-order valence-electron chi connectivity index (χ4n) is 3.53. The SMILES string of the molecule is Cc1cc(C)n(-c2ccc(C(=O)N3CCCC3CCCO)cc2)n1. The molecule has 1 aromatic heterocycles. The van der Waals surface area contributed by atoms with Crippen molar-refractivity contribution in [3.63, 3.8) is 0 Å². The Morgan fingerprint density at radius 3 is 2.67 bits per heavy atom. The Balaban J connectivity index is 1.75. The summed E-state index contributed by atoms with van der Waals surface area (Å²) in [6.45, 7) is 5.00. The number of hydrogen-bond donors (Lipinski definition) is 1. The van der Waals surface area contributed by atoms with Gasteiger partial charge in [0.2, 0.25) is 0 Å². The fraction of sp³-hybridized carbons (Fsp3) is 0.474. The fourth-order valence-corrected chi connectivity index (χ4v) is 3.53. The van der Waals surface area contributed by atoms with Crippen molar-refractivity contribution in [3.8, 4) is 5.69 Å². The van der Waals surface area contributed by atoms with Crippen LogP contribution in [0.25, 0.3) is 5.69 Å². The van der Waals surface area contributed by atoms with E-state index in [1.54, 1.807) is 0 Å². The van der Waals surface area contributed by atoms with E-state index in [0.29, 0.717) is 0 Å². The topological polar surface area (TPSA) is 58.4 Å². The Hall–Kier alpha value is -2.14. The number of nitrogens with zero attached hydrogens (tertiary/aromatic N) is 3. The van der Waals surface area contributed by atoms with Crippen LogP contribution in [0.3, 0.4) is 0 Å². The van der Waals surface area contributed by atoms with Crippen LogP contribution in [0.1, 0.15) is 47.4 Å². The lowest BCUT2D eigenvalue weighted by atomic mass is 10.1. The normalized spacial score (nSPS) is 17.5. The summed E-state index contributed by atoms with van der Waals surface area (Å²) < 4.78 is 1.89. The molecule has 0 aliphatic carbocycles. The summed E-state index contributed by atoms with van der Waals surface area (Å²) in [6, 6.07) is 9.97. The lowest BCUT2D eigenvalue weighted by Gasteiger charge is -2.24. The second-order valence-corrected chi connectivity index (χ2v) is 6.55. The molecule has 3 rings (SSSR count). The quantitative estimate of drug-likeness (QED) is 0.918. The van der Waals surface area contributed by atoms with Crippen LogP contribution in [0.2, 0.25) is 0 Å². The third-order valence-electron chi connectivity index (χ3n) is 4.70. The smallest absolute Gasteiger partial charge is 0.254 e. The van der Waals surface area contributed by atoms with E-state index in [0.717, 1.165) is 54.9 Å². The zero-order valence-corrected chi connectivity index (χ0v) is 14.4. The van der Waals surface area contributed by atoms with Crippen LogP contribution in [-0.4, -0.2) is 44.9 Å². The van der Waals surface area contributed by atoms with Gasteiger partial charge < -0.3 is 10.0 Å². The molecule has 0 saturated carbocycles. The monoisotopic (exact) mass is 327 g/mol. The molecule has 0 spiro atoms. The van der Waals surface area contributed by atoms with Crippen molar-refractivity contribution in [3.05, 3.63) is 47.3 Å². The van der Waals surface area contributed by atoms with Crippen molar-refractivity contribution in [2.75, 3.05) is 13.2 Å². The van der Waals surface area contributed by atoms with E-state index in [1.165, 1.54) is 0 Å². The first-order chi connectivity index (χ1) is 11.6. The molecule has 1 N–H and O–H groups in total. The average Bonchev–Trinajstić information content (AvgIpc) is 3.18. The molecule has 24 heavy (non-hydrogen) atoms. The summed E-state index contributed by atoms with van der Waals surface area (Å²) in [5.74, 6) is 0.0929. The minimum absolute atomic E-state index is 0.0929. The minimum atomic E-state index is 0.0929. The summed E-state index contributed by atoms with van der Waals surface area (Å²) in [5.41, 5.74) is 3.75. The summed E-state index contributed by atoms with van der Waals surface area (Å²) >= 11 is 0. The van der Waals surface area contributed by atoms with Gasteiger partial charge in [-0.2, -0.15) is 5.10 Å². The maximum atomic E-state index is 12.8. The molecule has 0 bridgehead atoms. The van der Waals surface area contributed by atoms with Crippen LogP contribution in [0.15, 0.2) is 30.3 Å². The molecular weight excluding hydrogens is 302 g/mol. The van der Waals surface area contributed by atoms with E-state index in [1.807, 2.05) is 53.8 Å². The Bertz CT molecular complexity index is 706. The van der Waals surface area contributed by atoms with Crippen molar-refractivity contribution in [2.45, 2.75) is 45.6 Å². The number of aliphatic hydroxyl groups excluding tert-OH is 1. The van der Waals surface area contributed by atoms with Gasteiger partial charge in [-0.15, -0.1) is 0 Å². The van der Waals surface area contributed by atoms with Gasteiger partial charge in [0.05, 0.1) is 11.4 Å². The highest BCUT2D eigenvalue weighted by Crippen LogP contribution is 2.24. The van der Waals surface area contributed by atoms with Crippen molar-refractivity contribution in [1.29, 1.82) is 0 Å². The largest absolute Gasteiger partial charge is 0.396 e. The number of carbonyl (C=O) groups excluding carboxylic acids is 1. The molecule has 1 amide bonds. The Labute approximate surface area is 142 Å². The van der Waals surface area contributed by atoms with Crippen LogP contribution >= 0.6 is 0 Å². The highest BCUT2D eigenvalue weighted by Gasteiger charge is 2.28. The van der Waals surface area contributed by atoms with Crippen molar-refractivity contribution < 1.29 is 9.90 Å². The predicted molar refractivity (Wildman–Crippen MR) is 93.4 cm³/mol. The highest BCUT2D eigenvalue weighted by atomic mass is 16.3. The zero-order valence-electron chi connectivity index (χ0n) is 14.4. The molecule has 1 atom stereocenters. The number of amides is 1. The van der Waals surface area contributed by atoms with Gasteiger partial charge in [0.1, 0.15) is 0 Å². The Morgan fingerprint density at radius 1 is 1.29 bits per heavy atom. The van der Waals surface area contributed by atoms with E-state index < -0.39 is 0 Å². The van der Waals surface area contributed by atoms with Crippen LogP contribution in [-0.2, 0) is 0 Å². The summed E-state index contributed by atoms with van der Waals surface area (Å²) in [6.07, 6.45) is 3.72.